The summed E-state index contributed by atoms with van der Waals surface area (Å²) in [5.41, 5.74) is 2.21. The van der Waals surface area contributed by atoms with Crippen molar-refractivity contribution >= 4 is 5.91 Å². The molecule has 0 saturated carbocycles. The van der Waals surface area contributed by atoms with Crippen molar-refractivity contribution in [3.05, 3.63) is 71.8 Å². The lowest BCUT2D eigenvalue weighted by Crippen LogP contribution is -2.47. The first-order valence-corrected chi connectivity index (χ1v) is 9.41. The molecular weight excluding hydrogens is 324 g/mol. The standard InChI is InChI=1S/C22H28N2O2/c1-26-21(19-12-6-3-7-13-19)22(25)23-16-20-14-8-9-15-24(20)17-18-10-4-2-5-11-18/h2-7,10-13,20-21H,8-9,14-17H2,1H3,(H,23,25). The van der Waals surface area contributed by atoms with E-state index >= 15 is 0 Å². The van der Waals surface area contributed by atoms with Gasteiger partial charge in [0, 0.05) is 26.2 Å². The fourth-order valence-corrected chi connectivity index (χ4v) is 3.65. The van der Waals surface area contributed by atoms with Crippen LogP contribution in [-0.4, -0.2) is 37.0 Å². The Bertz CT molecular complexity index is 675. The third-order valence-electron chi connectivity index (χ3n) is 5.07. The lowest BCUT2D eigenvalue weighted by Gasteiger charge is -2.36. The highest BCUT2D eigenvalue weighted by Gasteiger charge is 2.25. The van der Waals surface area contributed by atoms with Gasteiger partial charge in [0.05, 0.1) is 0 Å². The van der Waals surface area contributed by atoms with Gasteiger partial charge in [-0.2, -0.15) is 0 Å². The molecule has 0 aromatic heterocycles. The minimum absolute atomic E-state index is 0.0658. The van der Waals surface area contributed by atoms with E-state index in [0.29, 0.717) is 12.6 Å². The Morgan fingerprint density at radius 3 is 2.50 bits per heavy atom. The van der Waals surface area contributed by atoms with Gasteiger partial charge in [0.15, 0.2) is 6.10 Å². The number of hydrogen-bond acceptors (Lipinski definition) is 3. The molecule has 1 amide bonds. The lowest BCUT2D eigenvalue weighted by atomic mass is 10.0. The second-order valence-electron chi connectivity index (χ2n) is 6.88. The van der Waals surface area contributed by atoms with Crippen molar-refractivity contribution in [3.63, 3.8) is 0 Å². The molecule has 1 fully saturated rings. The fraction of sp³-hybridized carbons (Fsp3) is 0.409. The number of carbonyl (C=O) groups is 1. The number of ether oxygens (including phenoxy) is 1. The Hall–Kier alpha value is -2.17. The van der Waals surface area contributed by atoms with Crippen LogP contribution in [0.1, 0.15) is 36.5 Å². The first kappa shape index (κ1) is 18.6. The van der Waals surface area contributed by atoms with E-state index in [4.69, 9.17) is 4.74 Å². The minimum Gasteiger partial charge on any atom is -0.367 e. The summed E-state index contributed by atoms with van der Waals surface area (Å²) >= 11 is 0. The summed E-state index contributed by atoms with van der Waals surface area (Å²) in [5.74, 6) is -0.0658. The van der Waals surface area contributed by atoms with E-state index in [1.165, 1.54) is 18.4 Å². The molecule has 26 heavy (non-hydrogen) atoms. The highest BCUT2D eigenvalue weighted by Crippen LogP contribution is 2.20. The normalized spacial score (nSPS) is 19.0. The summed E-state index contributed by atoms with van der Waals surface area (Å²) in [6.07, 6.45) is 3.01. The molecule has 2 atom stereocenters. The fourth-order valence-electron chi connectivity index (χ4n) is 3.65. The molecule has 0 aliphatic carbocycles. The van der Waals surface area contributed by atoms with Gasteiger partial charge in [-0.1, -0.05) is 67.1 Å². The van der Waals surface area contributed by atoms with Gasteiger partial charge >= 0.3 is 0 Å². The largest absolute Gasteiger partial charge is 0.367 e. The number of hydrogen-bond donors (Lipinski definition) is 1. The minimum atomic E-state index is -0.553. The number of likely N-dealkylation sites (tertiary alicyclic amines) is 1. The van der Waals surface area contributed by atoms with Crippen LogP contribution in [0.3, 0.4) is 0 Å². The summed E-state index contributed by atoms with van der Waals surface area (Å²) in [4.78, 5) is 15.1. The Labute approximate surface area is 156 Å². The lowest BCUT2D eigenvalue weighted by molar-refractivity contribution is -0.131. The molecule has 138 valence electrons. The summed E-state index contributed by atoms with van der Waals surface area (Å²) < 4.78 is 5.43. The summed E-state index contributed by atoms with van der Waals surface area (Å²) in [7, 11) is 1.58. The Morgan fingerprint density at radius 1 is 1.12 bits per heavy atom. The highest BCUT2D eigenvalue weighted by molar-refractivity contribution is 5.82. The van der Waals surface area contributed by atoms with Crippen molar-refractivity contribution in [1.82, 2.24) is 10.2 Å². The molecule has 1 aliphatic heterocycles. The molecular formula is C22H28N2O2. The predicted octanol–water partition coefficient (Wildman–Crippen LogP) is 3.55. The topological polar surface area (TPSA) is 41.6 Å². The molecule has 1 aliphatic rings. The van der Waals surface area contributed by atoms with Gasteiger partial charge in [-0.3, -0.25) is 9.69 Å². The third-order valence-corrected chi connectivity index (χ3v) is 5.07. The van der Waals surface area contributed by atoms with Crippen LogP contribution in [0, 0.1) is 0 Å². The zero-order valence-electron chi connectivity index (χ0n) is 15.4. The summed E-state index contributed by atoms with van der Waals surface area (Å²) in [6.45, 7) is 2.69. The number of nitrogens with zero attached hydrogens (tertiary/aromatic N) is 1. The van der Waals surface area contributed by atoms with E-state index < -0.39 is 6.10 Å². The van der Waals surface area contributed by atoms with Crippen LogP contribution in [0.2, 0.25) is 0 Å². The van der Waals surface area contributed by atoms with Gasteiger partial charge in [0.1, 0.15) is 0 Å². The molecule has 0 spiro atoms. The van der Waals surface area contributed by atoms with Gasteiger partial charge in [-0.05, 0) is 30.5 Å². The quantitative estimate of drug-likeness (QED) is 0.829. The first-order chi connectivity index (χ1) is 12.8. The van der Waals surface area contributed by atoms with Crippen molar-refractivity contribution in [1.29, 1.82) is 0 Å². The van der Waals surface area contributed by atoms with Gasteiger partial charge in [-0.15, -0.1) is 0 Å². The highest BCUT2D eigenvalue weighted by atomic mass is 16.5. The molecule has 2 aromatic carbocycles. The molecule has 1 N–H and O–H groups in total. The molecule has 0 bridgehead atoms. The number of nitrogens with one attached hydrogen (secondary N) is 1. The smallest absolute Gasteiger partial charge is 0.253 e. The van der Waals surface area contributed by atoms with Crippen LogP contribution in [0.25, 0.3) is 0 Å². The number of piperidine rings is 1. The van der Waals surface area contributed by atoms with Crippen molar-refractivity contribution in [2.75, 3.05) is 20.2 Å². The van der Waals surface area contributed by atoms with Crippen molar-refractivity contribution in [3.8, 4) is 0 Å². The Kier molecular flexibility index (Phi) is 6.81. The van der Waals surface area contributed by atoms with E-state index in [1.54, 1.807) is 7.11 Å². The number of methoxy groups -OCH3 is 1. The number of carbonyl (C=O) groups excluding carboxylic acids is 1. The van der Waals surface area contributed by atoms with Gasteiger partial charge in [0.2, 0.25) is 0 Å². The zero-order valence-corrected chi connectivity index (χ0v) is 15.4. The molecule has 3 rings (SSSR count). The molecule has 4 heteroatoms. The zero-order chi connectivity index (χ0) is 18.2. The van der Waals surface area contributed by atoms with Gasteiger partial charge in [-0.25, -0.2) is 0 Å². The van der Waals surface area contributed by atoms with Crippen LogP contribution in [0.15, 0.2) is 60.7 Å². The van der Waals surface area contributed by atoms with Crippen LogP contribution >= 0.6 is 0 Å². The number of rotatable bonds is 7. The van der Waals surface area contributed by atoms with Crippen LogP contribution in [0.5, 0.6) is 0 Å². The molecule has 1 heterocycles. The second-order valence-corrected chi connectivity index (χ2v) is 6.88. The van der Waals surface area contributed by atoms with Gasteiger partial charge in [0.25, 0.3) is 5.91 Å². The molecule has 2 unspecified atom stereocenters. The Morgan fingerprint density at radius 2 is 1.81 bits per heavy atom. The maximum absolute atomic E-state index is 12.6. The number of amides is 1. The van der Waals surface area contributed by atoms with E-state index in [9.17, 15) is 4.79 Å². The maximum Gasteiger partial charge on any atom is 0.253 e. The van der Waals surface area contributed by atoms with Crippen LogP contribution in [0.4, 0.5) is 0 Å². The van der Waals surface area contributed by atoms with Crippen LogP contribution in [-0.2, 0) is 16.1 Å². The maximum atomic E-state index is 12.6. The van der Waals surface area contributed by atoms with Crippen molar-refractivity contribution in [2.24, 2.45) is 0 Å². The van der Waals surface area contributed by atoms with E-state index in [1.807, 2.05) is 36.4 Å². The van der Waals surface area contributed by atoms with E-state index in [2.05, 4.69) is 34.5 Å². The van der Waals surface area contributed by atoms with Crippen molar-refractivity contribution in [2.45, 2.75) is 38.0 Å². The van der Waals surface area contributed by atoms with E-state index in [0.717, 1.165) is 25.1 Å². The Balaban J connectivity index is 1.58. The van der Waals surface area contributed by atoms with E-state index in [-0.39, 0.29) is 5.91 Å². The summed E-state index contributed by atoms with van der Waals surface area (Å²) in [5, 5.41) is 3.11. The molecule has 1 saturated heterocycles. The van der Waals surface area contributed by atoms with Crippen molar-refractivity contribution < 1.29 is 9.53 Å². The SMILES string of the molecule is COC(C(=O)NCC1CCCCN1Cc1ccccc1)c1ccccc1. The third kappa shape index (κ3) is 4.93. The summed E-state index contributed by atoms with van der Waals surface area (Å²) in [6, 6.07) is 20.6. The second kappa shape index (κ2) is 9.51. The predicted molar refractivity (Wildman–Crippen MR) is 104 cm³/mol. The average molecular weight is 352 g/mol. The monoisotopic (exact) mass is 352 g/mol. The molecule has 0 radical (unpaired) electrons. The molecule has 2 aromatic rings. The molecule has 4 nitrogen and oxygen atoms in total. The van der Waals surface area contributed by atoms with Gasteiger partial charge < -0.3 is 10.1 Å². The van der Waals surface area contributed by atoms with Crippen LogP contribution < -0.4 is 5.32 Å². The average Bonchev–Trinajstić information content (AvgIpc) is 2.69. The first-order valence-electron chi connectivity index (χ1n) is 9.41. The number of benzene rings is 2.